The van der Waals surface area contributed by atoms with Gasteiger partial charge in [-0.3, -0.25) is 4.79 Å². The molecule has 1 heterocycles. The number of nitrogens with two attached hydrogens (primary N) is 1. The van der Waals surface area contributed by atoms with Crippen molar-refractivity contribution in [3.05, 3.63) is 0 Å². The second-order valence-corrected chi connectivity index (χ2v) is 5.25. The molecule has 3 heteroatoms. The van der Waals surface area contributed by atoms with Crippen molar-refractivity contribution in [3.8, 4) is 0 Å². The Morgan fingerprint density at radius 1 is 1.12 bits per heavy atom. The molecule has 2 rings (SSSR count). The lowest BCUT2D eigenvalue weighted by Gasteiger charge is -2.38. The van der Waals surface area contributed by atoms with Gasteiger partial charge in [0.05, 0.1) is 0 Å². The molecule has 16 heavy (non-hydrogen) atoms. The van der Waals surface area contributed by atoms with Gasteiger partial charge in [0.15, 0.2) is 0 Å². The molecule has 0 radical (unpaired) electrons. The number of amides is 1. The van der Waals surface area contributed by atoms with Gasteiger partial charge in [0.25, 0.3) is 0 Å². The maximum Gasteiger partial charge on any atom is 0.222 e. The van der Waals surface area contributed by atoms with Crippen LogP contribution in [0.5, 0.6) is 0 Å². The Bertz CT molecular complexity index is 242. The molecule has 2 fully saturated rings. The van der Waals surface area contributed by atoms with Crippen LogP contribution in [0, 0.1) is 5.92 Å². The minimum absolute atomic E-state index is 0.372. The van der Waals surface area contributed by atoms with Crippen LogP contribution in [0.4, 0.5) is 0 Å². The monoisotopic (exact) mass is 224 g/mol. The Morgan fingerprint density at radius 2 is 1.94 bits per heavy atom. The average molecular weight is 224 g/mol. The summed E-state index contributed by atoms with van der Waals surface area (Å²) in [5, 5.41) is 0. The molecule has 1 saturated heterocycles. The zero-order valence-electron chi connectivity index (χ0n) is 10.2. The summed E-state index contributed by atoms with van der Waals surface area (Å²) in [5.74, 6) is 0.918. The van der Waals surface area contributed by atoms with Crippen molar-refractivity contribution in [2.75, 3.05) is 13.1 Å². The smallest absolute Gasteiger partial charge is 0.222 e. The fraction of sp³-hybridized carbons (Fsp3) is 0.923. The van der Waals surface area contributed by atoms with Crippen molar-refractivity contribution in [3.63, 3.8) is 0 Å². The molecule has 2 unspecified atom stereocenters. The third-order valence-corrected chi connectivity index (χ3v) is 4.18. The lowest BCUT2D eigenvalue weighted by Crippen LogP contribution is -2.48. The van der Waals surface area contributed by atoms with Gasteiger partial charge in [-0.05, 0) is 38.1 Å². The Labute approximate surface area is 98.4 Å². The highest BCUT2D eigenvalue weighted by atomic mass is 16.2. The predicted molar refractivity (Wildman–Crippen MR) is 65.0 cm³/mol. The van der Waals surface area contributed by atoms with Crippen LogP contribution in [-0.2, 0) is 4.79 Å². The number of likely N-dealkylation sites (tertiary alicyclic amines) is 1. The summed E-state index contributed by atoms with van der Waals surface area (Å²) in [5.41, 5.74) is 5.88. The second kappa shape index (κ2) is 5.67. The van der Waals surface area contributed by atoms with Gasteiger partial charge in [0.1, 0.15) is 0 Å². The first-order chi connectivity index (χ1) is 7.83. The zero-order chi connectivity index (χ0) is 11.4. The molecule has 1 saturated carbocycles. The summed E-state index contributed by atoms with van der Waals surface area (Å²) in [7, 11) is 0. The van der Waals surface area contributed by atoms with Gasteiger partial charge >= 0.3 is 0 Å². The fourth-order valence-corrected chi connectivity index (χ4v) is 3.23. The van der Waals surface area contributed by atoms with Gasteiger partial charge in [0.2, 0.25) is 5.91 Å². The van der Waals surface area contributed by atoms with Crippen molar-refractivity contribution in [2.45, 2.75) is 57.4 Å². The molecule has 1 aliphatic carbocycles. The van der Waals surface area contributed by atoms with Crippen LogP contribution in [0.1, 0.15) is 51.4 Å². The van der Waals surface area contributed by atoms with E-state index in [0.29, 0.717) is 17.9 Å². The van der Waals surface area contributed by atoms with Crippen LogP contribution in [0.2, 0.25) is 0 Å². The van der Waals surface area contributed by atoms with Crippen molar-refractivity contribution < 1.29 is 4.79 Å². The molecule has 1 aliphatic heterocycles. The molecule has 0 spiro atoms. The number of rotatable bonds is 2. The summed E-state index contributed by atoms with van der Waals surface area (Å²) < 4.78 is 0. The maximum absolute atomic E-state index is 12.0. The van der Waals surface area contributed by atoms with Crippen LogP contribution in [-0.4, -0.2) is 29.9 Å². The van der Waals surface area contributed by atoms with Crippen LogP contribution in [0.15, 0.2) is 0 Å². The van der Waals surface area contributed by atoms with Crippen molar-refractivity contribution >= 4 is 5.91 Å². The summed E-state index contributed by atoms with van der Waals surface area (Å²) in [4.78, 5) is 14.1. The average Bonchev–Trinajstić information content (AvgIpc) is 2.54. The quantitative estimate of drug-likeness (QED) is 0.728. The van der Waals surface area contributed by atoms with Crippen LogP contribution in [0.25, 0.3) is 0 Å². The first-order valence-electron chi connectivity index (χ1n) is 6.82. The number of piperidine rings is 1. The maximum atomic E-state index is 12.0. The van der Waals surface area contributed by atoms with E-state index in [4.69, 9.17) is 5.73 Å². The molecule has 2 aliphatic rings. The van der Waals surface area contributed by atoms with E-state index in [0.717, 1.165) is 25.9 Å². The first-order valence-corrected chi connectivity index (χ1v) is 6.82. The molecule has 1 amide bonds. The van der Waals surface area contributed by atoms with Crippen LogP contribution < -0.4 is 5.73 Å². The molecule has 92 valence electrons. The molecule has 0 aromatic rings. The number of carbonyl (C=O) groups excluding carboxylic acids is 1. The largest absolute Gasteiger partial charge is 0.339 e. The van der Waals surface area contributed by atoms with E-state index >= 15 is 0 Å². The molecular weight excluding hydrogens is 200 g/mol. The summed E-state index contributed by atoms with van der Waals surface area (Å²) in [6, 6.07) is 0.445. The first kappa shape index (κ1) is 11.9. The Balaban J connectivity index is 2.05. The SMILES string of the molecule is NCC1CCCCCC1N1CCCCC1=O. The zero-order valence-corrected chi connectivity index (χ0v) is 10.2. The van der Waals surface area contributed by atoms with Crippen molar-refractivity contribution in [1.82, 2.24) is 4.90 Å². The van der Waals surface area contributed by atoms with Crippen molar-refractivity contribution in [1.29, 1.82) is 0 Å². The molecule has 0 aromatic heterocycles. The number of carbonyl (C=O) groups is 1. The van der Waals surface area contributed by atoms with Gasteiger partial charge in [-0.1, -0.05) is 19.3 Å². The van der Waals surface area contributed by atoms with Gasteiger partial charge in [-0.15, -0.1) is 0 Å². The molecular formula is C13H24N2O. The fourth-order valence-electron chi connectivity index (χ4n) is 3.23. The molecule has 0 aromatic carbocycles. The van der Waals surface area contributed by atoms with Gasteiger partial charge in [-0.25, -0.2) is 0 Å². The van der Waals surface area contributed by atoms with Gasteiger partial charge < -0.3 is 10.6 Å². The summed E-state index contributed by atoms with van der Waals surface area (Å²) in [6.07, 6.45) is 9.28. The normalized spacial score (nSPS) is 32.6. The highest BCUT2D eigenvalue weighted by Gasteiger charge is 2.31. The van der Waals surface area contributed by atoms with Gasteiger partial charge in [-0.2, -0.15) is 0 Å². The van der Waals surface area contributed by atoms with Crippen LogP contribution in [0.3, 0.4) is 0 Å². The van der Waals surface area contributed by atoms with Crippen LogP contribution >= 0.6 is 0 Å². The third kappa shape index (κ3) is 2.57. The minimum atomic E-state index is 0.372. The van der Waals surface area contributed by atoms with E-state index < -0.39 is 0 Å². The highest BCUT2D eigenvalue weighted by molar-refractivity contribution is 5.77. The number of hydrogen-bond acceptors (Lipinski definition) is 2. The standard InChI is InChI=1S/C13H24N2O/c14-10-11-6-2-1-3-7-12(11)15-9-5-4-8-13(15)16/h11-12H,1-10,14H2. The van der Waals surface area contributed by atoms with E-state index in [1.165, 1.54) is 38.5 Å². The second-order valence-electron chi connectivity index (χ2n) is 5.25. The summed E-state index contributed by atoms with van der Waals surface area (Å²) in [6.45, 7) is 1.72. The molecule has 2 N–H and O–H groups in total. The molecule has 2 atom stereocenters. The van der Waals surface area contributed by atoms with Gasteiger partial charge in [0, 0.05) is 19.0 Å². The lowest BCUT2D eigenvalue weighted by molar-refractivity contribution is -0.137. The Hall–Kier alpha value is -0.570. The van der Waals surface area contributed by atoms with E-state index in [-0.39, 0.29) is 0 Å². The van der Waals surface area contributed by atoms with E-state index in [2.05, 4.69) is 4.90 Å². The molecule has 3 nitrogen and oxygen atoms in total. The number of hydrogen-bond donors (Lipinski definition) is 1. The lowest BCUT2D eigenvalue weighted by atomic mass is 9.91. The minimum Gasteiger partial charge on any atom is -0.339 e. The Kier molecular flexibility index (Phi) is 4.22. The molecule has 0 bridgehead atoms. The highest BCUT2D eigenvalue weighted by Crippen LogP contribution is 2.29. The number of nitrogens with zero attached hydrogens (tertiary/aromatic N) is 1. The van der Waals surface area contributed by atoms with E-state index in [9.17, 15) is 4.79 Å². The summed E-state index contributed by atoms with van der Waals surface area (Å²) >= 11 is 0. The third-order valence-electron chi connectivity index (χ3n) is 4.18. The topological polar surface area (TPSA) is 46.3 Å². The van der Waals surface area contributed by atoms with E-state index in [1.54, 1.807) is 0 Å². The Morgan fingerprint density at radius 3 is 2.69 bits per heavy atom. The van der Waals surface area contributed by atoms with E-state index in [1.807, 2.05) is 0 Å². The predicted octanol–water partition coefficient (Wildman–Crippen LogP) is 1.91. The van der Waals surface area contributed by atoms with Crippen molar-refractivity contribution in [2.24, 2.45) is 11.7 Å².